The Morgan fingerprint density at radius 1 is 0.696 bits per heavy atom. The third kappa shape index (κ3) is 12.4. The highest BCUT2D eigenvalue weighted by molar-refractivity contribution is 7.98. The number of nitrogens with two attached hydrogens (primary N) is 1. The first-order valence-electron chi connectivity index (χ1n) is 15.2. The fraction of sp³-hybridized carbons (Fsp3) is 0.485. The number of phenols is 1. The lowest BCUT2D eigenvalue weighted by molar-refractivity contribution is -0.142. The first-order valence-corrected chi connectivity index (χ1v) is 16.6. The number of aliphatic carboxylic acids is 1. The fourth-order valence-corrected chi connectivity index (χ4v) is 5.11. The number of carboxylic acid groups (broad SMARTS) is 1. The van der Waals surface area contributed by atoms with Crippen LogP contribution in [-0.4, -0.2) is 82.0 Å². The fourth-order valence-electron chi connectivity index (χ4n) is 4.64. The van der Waals surface area contributed by atoms with E-state index in [-0.39, 0.29) is 25.0 Å². The van der Waals surface area contributed by atoms with Gasteiger partial charge in [-0.25, -0.2) is 4.79 Å². The van der Waals surface area contributed by atoms with Gasteiger partial charge in [0.2, 0.25) is 23.6 Å². The zero-order chi connectivity index (χ0) is 34.4. The van der Waals surface area contributed by atoms with Crippen molar-refractivity contribution in [2.75, 3.05) is 12.0 Å². The van der Waals surface area contributed by atoms with E-state index in [1.807, 2.05) is 36.6 Å². The van der Waals surface area contributed by atoms with Crippen LogP contribution in [0.15, 0.2) is 54.6 Å². The summed E-state index contributed by atoms with van der Waals surface area (Å²) in [6.45, 7) is 6.88. The summed E-state index contributed by atoms with van der Waals surface area (Å²) in [7, 11) is 0. The second-order valence-electron chi connectivity index (χ2n) is 11.9. The molecule has 4 amide bonds. The Morgan fingerprint density at radius 3 is 1.72 bits per heavy atom. The molecular formula is C33H47N5O7S. The molecule has 0 fully saturated rings. The summed E-state index contributed by atoms with van der Waals surface area (Å²) in [5.41, 5.74) is 7.68. The van der Waals surface area contributed by atoms with Gasteiger partial charge < -0.3 is 37.2 Å². The number of rotatable bonds is 18. The van der Waals surface area contributed by atoms with Crippen molar-refractivity contribution < 1.29 is 34.2 Å². The van der Waals surface area contributed by atoms with Gasteiger partial charge >= 0.3 is 5.97 Å². The Balaban J connectivity index is 2.23. The van der Waals surface area contributed by atoms with E-state index in [0.29, 0.717) is 11.3 Å². The highest BCUT2D eigenvalue weighted by atomic mass is 32.2. The summed E-state index contributed by atoms with van der Waals surface area (Å²) >= 11 is 1.45. The van der Waals surface area contributed by atoms with Gasteiger partial charge in [-0.3, -0.25) is 19.2 Å². The molecule has 46 heavy (non-hydrogen) atoms. The zero-order valence-electron chi connectivity index (χ0n) is 27.0. The van der Waals surface area contributed by atoms with Gasteiger partial charge in [0.15, 0.2) is 0 Å². The zero-order valence-corrected chi connectivity index (χ0v) is 27.8. The number of benzene rings is 2. The van der Waals surface area contributed by atoms with Crippen molar-refractivity contribution in [3.05, 3.63) is 65.7 Å². The van der Waals surface area contributed by atoms with Crippen LogP contribution in [0.2, 0.25) is 0 Å². The predicted octanol–water partition coefficient (Wildman–Crippen LogP) is 1.59. The Morgan fingerprint density at radius 2 is 1.20 bits per heavy atom. The van der Waals surface area contributed by atoms with Crippen molar-refractivity contribution in [1.29, 1.82) is 0 Å². The topological polar surface area (TPSA) is 200 Å². The number of carbonyl (C=O) groups excluding carboxylic acids is 4. The van der Waals surface area contributed by atoms with Crippen LogP contribution in [-0.2, 0) is 36.8 Å². The molecule has 0 bridgehead atoms. The average molecular weight is 658 g/mol. The SMILES string of the molecule is CSCC[C@H](NC(=O)[C@@H](NC(=O)[C@@H](NC(=O)[C@H](Cc1ccc(O)cc1)NC(=O)[C@@H](N)Cc1ccccc1)C(C)C)C(C)C)C(=O)O. The van der Waals surface area contributed by atoms with Crippen molar-refractivity contribution in [2.45, 2.75) is 77.2 Å². The number of aromatic hydroxyl groups is 1. The average Bonchev–Trinajstić information content (AvgIpc) is 3.00. The molecule has 0 saturated carbocycles. The smallest absolute Gasteiger partial charge is 0.326 e. The largest absolute Gasteiger partial charge is 0.508 e. The summed E-state index contributed by atoms with van der Waals surface area (Å²) in [5, 5.41) is 29.9. The van der Waals surface area contributed by atoms with E-state index in [9.17, 15) is 34.2 Å². The molecule has 13 heteroatoms. The van der Waals surface area contributed by atoms with Gasteiger partial charge in [0.25, 0.3) is 0 Å². The van der Waals surface area contributed by atoms with Gasteiger partial charge in [0.1, 0.15) is 29.9 Å². The molecule has 252 valence electrons. The highest BCUT2D eigenvalue weighted by Gasteiger charge is 2.34. The van der Waals surface area contributed by atoms with Crippen LogP contribution in [0.3, 0.4) is 0 Å². The maximum Gasteiger partial charge on any atom is 0.326 e. The first kappa shape index (κ1) is 38.1. The van der Waals surface area contributed by atoms with Gasteiger partial charge in [0.05, 0.1) is 6.04 Å². The minimum atomic E-state index is -1.17. The molecule has 5 atom stereocenters. The van der Waals surface area contributed by atoms with Crippen molar-refractivity contribution in [2.24, 2.45) is 17.6 Å². The van der Waals surface area contributed by atoms with Gasteiger partial charge in [-0.2, -0.15) is 11.8 Å². The van der Waals surface area contributed by atoms with Gasteiger partial charge in [-0.15, -0.1) is 0 Å². The van der Waals surface area contributed by atoms with Gasteiger partial charge in [-0.1, -0.05) is 70.2 Å². The normalized spacial score (nSPS) is 14.4. The minimum absolute atomic E-state index is 0.0397. The van der Waals surface area contributed by atoms with Gasteiger partial charge in [0, 0.05) is 6.42 Å². The molecule has 0 unspecified atom stereocenters. The number of carbonyl (C=O) groups is 5. The number of amides is 4. The number of thioether (sulfide) groups is 1. The summed E-state index contributed by atoms with van der Waals surface area (Å²) in [6, 6.07) is 10.0. The molecule has 8 N–H and O–H groups in total. The maximum absolute atomic E-state index is 13.7. The lowest BCUT2D eigenvalue weighted by atomic mass is 9.98. The minimum Gasteiger partial charge on any atom is -0.508 e. The van der Waals surface area contributed by atoms with Crippen LogP contribution in [0.1, 0.15) is 45.2 Å². The van der Waals surface area contributed by atoms with Crippen molar-refractivity contribution in [3.63, 3.8) is 0 Å². The van der Waals surface area contributed by atoms with E-state index in [0.717, 1.165) is 5.56 Å². The van der Waals surface area contributed by atoms with E-state index >= 15 is 0 Å². The van der Waals surface area contributed by atoms with E-state index in [4.69, 9.17) is 5.73 Å². The summed E-state index contributed by atoms with van der Waals surface area (Å²) in [5.74, 6) is -3.90. The Labute approximate surface area is 274 Å². The summed E-state index contributed by atoms with van der Waals surface area (Å²) < 4.78 is 0. The number of hydrogen-bond acceptors (Lipinski definition) is 8. The Hall–Kier alpha value is -4.10. The van der Waals surface area contributed by atoms with E-state index in [1.54, 1.807) is 39.8 Å². The third-order valence-electron chi connectivity index (χ3n) is 7.36. The van der Waals surface area contributed by atoms with Crippen molar-refractivity contribution in [3.8, 4) is 5.75 Å². The Bertz CT molecular complexity index is 1310. The van der Waals surface area contributed by atoms with Crippen LogP contribution >= 0.6 is 11.8 Å². The molecule has 0 spiro atoms. The monoisotopic (exact) mass is 657 g/mol. The maximum atomic E-state index is 13.7. The predicted molar refractivity (Wildman–Crippen MR) is 178 cm³/mol. The molecule has 0 aliphatic carbocycles. The molecular weight excluding hydrogens is 610 g/mol. The molecule has 2 aromatic carbocycles. The molecule has 0 heterocycles. The number of hydrogen-bond donors (Lipinski definition) is 7. The molecule has 0 aliphatic heterocycles. The molecule has 0 radical (unpaired) electrons. The quantitative estimate of drug-likeness (QED) is 0.124. The van der Waals surface area contributed by atoms with Crippen molar-refractivity contribution >= 4 is 41.4 Å². The lowest BCUT2D eigenvalue weighted by Gasteiger charge is -2.29. The van der Waals surface area contributed by atoms with Crippen LogP contribution in [0, 0.1) is 11.8 Å². The third-order valence-corrected chi connectivity index (χ3v) is 8.01. The second-order valence-corrected chi connectivity index (χ2v) is 12.9. The number of carboxylic acids is 1. The highest BCUT2D eigenvalue weighted by Crippen LogP contribution is 2.13. The number of nitrogens with one attached hydrogen (secondary N) is 4. The summed E-state index contributed by atoms with van der Waals surface area (Å²) in [4.78, 5) is 65.1. The molecule has 0 aromatic heterocycles. The van der Waals surface area contributed by atoms with Crippen LogP contribution in [0.25, 0.3) is 0 Å². The lowest BCUT2D eigenvalue weighted by Crippen LogP contribution is -2.60. The molecule has 0 aliphatic rings. The molecule has 2 rings (SSSR count). The number of phenolic OH excluding ortho intramolecular Hbond substituents is 1. The van der Waals surface area contributed by atoms with Gasteiger partial charge in [-0.05, 0) is 59.9 Å². The first-order chi connectivity index (χ1) is 21.7. The van der Waals surface area contributed by atoms with Crippen LogP contribution in [0.4, 0.5) is 0 Å². The molecule has 12 nitrogen and oxygen atoms in total. The van der Waals surface area contributed by atoms with E-state index in [1.165, 1.54) is 23.9 Å². The molecule has 0 saturated heterocycles. The van der Waals surface area contributed by atoms with Crippen molar-refractivity contribution in [1.82, 2.24) is 21.3 Å². The van der Waals surface area contributed by atoms with E-state index < -0.39 is 71.6 Å². The van der Waals surface area contributed by atoms with Crippen LogP contribution < -0.4 is 27.0 Å². The Kier molecular flexibility index (Phi) is 15.5. The summed E-state index contributed by atoms with van der Waals surface area (Å²) in [6.07, 6.45) is 2.34. The standard InChI is InChI=1S/C33H47N5O7S/c1-19(2)27(31(42)35-25(33(44)45)15-16-46-5)38-32(43)28(20(3)4)37-30(41)26(18-22-11-13-23(39)14-12-22)36-29(40)24(34)17-21-9-7-6-8-10-21/h6-14,19-20,24-28,39H,15-18,34H2,1-5H3,(H,35,42)(H,36,40)(H,37,41)(H,38,43)(H,44,45)/t24-,25-,26-,27-,28-/m0/s1. The second kappa shape index (κ2) is 18.8. The van der Waals surface area contributed by atoms with E-state index in [2.05, 4.69) is 21.3 Å². The molecule has 2 aromatic rings. The van der Waals surface area contributed by atoms with Crippen LogP contribution in [0.5, 0.6) is 5.75 Å².